The minimum atomic E-state index is -0.581. The third kappa shape index (κ3) is 6.33. The highest BCUT2D eigenvalue weighted by atomic mass is 32.1. The second-order valence-corrected chi connectivity index (χ2v) is 8.42. The Kier molecular flexibility index (Phi) is 6.39. The fourth-order valence-corrected chi connectivity index (χ4v) is 3.41. The van der Waals surface area contributed by atoms with E-state index in [1.54, 1.807) is 27.6 Å². The smallest absolute Gasteiger partial charge is 0.408 e. The Bertz CT molecular complexity index is 610. The van der Waals surface area contributed by atoms with Crippen LogP contribution in [0.1, 0.15) is 30.5 Å². The molecular weight excluding hydrogens is 344 g/mol. The second-order valence-electron chi connectivity index (χ2n) is 6.36. The van der Waals surface area contributed by atoms with Crippen LogP contribution < -0.4 is 5.32 Å². The molecule has 0 aliphatic carbocycles. The van der Waals surface area contributed by atoms with Gasteiger partial charge in [-0.3, -0.25) is 4.79 Å². The molecule has 0 fully saturated rings. The molecule has 1 N–H and O–H groups in total. The van der Waals surface area contributed by atoms with Gasteiger partial charge in [-0.25, -0.2) is 4.79 Å². The number of nitrogens with one attached hydrogen (secondary N) is 1. The summed E-state index contributed by atoms with van der Waals surface area (Å²) in [6, 6.07) is 7.90. The summed E-state index contributed by atoms with van der Waals surface area (Å²) in [6.45, 7) is 6.33. The van der Waals surface area contributed by atoms with Crippen molar-refractivity contribution >= 4 is 34.7 Å². The predicted octanol–water partition coefficient (Wildman–Crippen LogP) is 3.86. The summed E-state index contributed by atoms with van der Waals surface area (Å²) in [7, 11) is 0. The fraction of sp³-hybridized carbons (Fsp3) is 0.412. The highest BCUT2D eigenvalue weighted by Gasteiger charge is 2.19. The number of thiophene rings is 2. The molecule has 0 aliphatic rings. The van der Waals surface area contributed by atoms with Crippen LogP contribution in [0.5, 0.6) is 0 Å². The van der Waals surface area contributed by atoms with Crippen LogP contribution in [0.4, 0.5) is 4.79 Å². The number of hydrogen-bond donors (Lipinski definition) is 1. The molecule has 0 unspecified atom stereocenters. The van der Waals surface area contributed by atoms with Crippen LogP contribution in [0.15, 0.2) is 35.0 Å². The normalized spacial score (nSPS) is 11.1. The van der Waals surface area contributed by atoms with E-state index in [0.717, 1.165) is 9.75 Å². The zero-order valence-electron chi connectivity index (χ0n) is 14.1. The SMILES string of the molecule is CC(C)(C)NC(=O)OCC(=O)N(Cc1cccs1)Cc1cccs1. The number of alkyl carbamates (subject to hydrolysis) is 1. The van der Waals surface area contributed by atoms with Crippen LogP contribution >= 0.6 is 22.7 Å². The van der Waals surface area contributed by atoms with Gasteiger partial charge in [-0.1, -0.05) is 12.1 Å². The third-order valence-electron chi connectivity index (χ3n) is 3.01. The van der Waals surface area contributed by atoms with Crippen LogP contribution in [0, 0.1) is 0 Å². The number of nitrogens with zero attached hydrogens (tertiary/aromatic N) is 1. The highest BCUT2D eigenvalue weighted by molar-refractivity contribution is 7.10. The van der Waals surface area contributed by atoms with E-state index >= 15 is 0 Å². The lowest BCUT2D eigenvalue weighted by Crippen LogP contribution is -2.42. The van der Waals surface area contributed by atoms with Crippen molar-refractivity contribution < 1.29 is 14.3 Å². The van der Waals surface area contributed by atoms with E-state index in [-0.39, 0.29) is 12.5 Å². The van der Waals surface area contributed by atoms with Gasteiger partial charge in [0.1, 0.15) is 0 Å². The molecule has 0 saturated carbocycles. The monoisotopic (exact) mass is 366 g/mol. The second kappa shape index (κ2) is 8.30. The molecule has 2 aromatic heterocycles. The van der Waals surface area contributed by atoms with Gasteiger partial charge in [0.05, 0.1) is 13.1 Å². The molecule has 7 heteroatoms. The lowest BCUT2D eigenvalue weighted by molar-refractivity contribution is -0.135. The van der Waals surface area contributed by atoms with E-state index in [4.69, 9.17) is 4.74 Å². The molecule has 0 aromatic carbocycles. The van der Waals surface area contributed by atoms with Crippen molar-refractivity contribution in [1.29, 1.82) is 0 Å². The minimum Gasteiger partial charge on any atom is -0.439 e. The van der Waals surface area contributed by atoms with Crippen molar-refractivity contribution in [2.45, 2.75) is 39.4 Å². The number of rotatable bonds is 6. The van der Waals surface area contributed by atoms with E-state index in [1.165, 1.54) is 0 Å². The van der Waals surface area contributed by atoms with Crippen LogP contribution in [-0.4, -0.2) is 29.0 Å². The largest absolute Gasteiger partial charge is 0.439 e. The number of amides is 2. The number of ether oxygens (including phenoxy) is 1. The van der Waals surface area contributed by atoms with E-state index in [1.807, 2.05) is 55.8 Å². The van der Waals surface area contributed by atoms with Gasteiger partial charge in [0.15, 0.2) is 6.61 Å². The molecular formula is C17H22N2O3S2. The van der Waals surface area contributed by atoms with Gasteiger partial charge in [0.25, 0.3) is 5.91 Å². The summed E-state index contributed by atoms with van der Waals surface area (Å²) in [4.78, 5) is 28.1. The summed E-state index contributed by atoms with van der Waals surface area (Å²) in [6.07, 6.45) is -0.581. The van der Waals surface area contributed by atoms with Gasteiger partial charge in [0, 0.05) is 15.3 Å². The van der Waals surface area contributed by atoms with Crippen LogP contribution in [0.2, 0.25) is 0 Å². The topological polar surface area (TPSA) is 58.6 Å². The van der Waals surface area contributed by atoms with E-state index in [2.05, 4.69) is 5.32 Å². The Morgan fingerprint density at radius 1 is 1.08 bits per heavy atom. The maximum Gasteiger partial charge on any atom is 0.408 e. The Hall–Kier alpha value is -1.86. The first-order chi connectivity index (χ1) is 11.3. The van der Waals surface area contributed by atoms with Gasteiger partial charge in [-0.05, 0) is 43.7 Å². The van der Waals surface area contributed by atoms with Gasteiger partial charge in [-0.2, -0.15) is 0 Å². The lowest BCUT2D eigenvalue weighted by atomic mass is 10.1. The molecule has 2 rings (SSSR count). The molecule has 0 atom stereocenters. The van der Waals surface area contributed by atoms with Gasteiger partial charge >= 0.3 is 6.09 Å². The molecule has 0 aliphatic heterocycles. The van der Waals surface area contributed by atoms with E-state index in [0.29, 0.717) is 13.1 Å². The zero-order valence-corrected chi connectivity index (χ0v) is 15.7. The predicted molar refractivity (Wildman–Crippen MR) is 97.1 cm³/mol. The molecule has 0 bridgehead atoms. The molecule has 0 spiro atoms. The van der Waals surface area contributed by atoms with Crippen LogP contribution in [-0.2, 0) is 22.6 Å². The van der Waals surface area contributed by atoms with Crippen molar-refractivity contribution in [2.75, 3.05) is 6.61 Å². The molecule has 0 saturated heterocycles. The molecule has 2 aromatic rings. The van der Waals surface area contributed by atoms with Crippen molar-refractivity contribution in [3.63, 3.8) is 0 Å². The van der Waals surface area contributed by atoms with Crippen molar-refractivity contribution in [2.24, 2.45) is 0 Å². The molecule has 130 valence electrons. The third-order valence-corrected chi connectivity index (χ3v) is 4.73. The highest BCUT2D eigenvalue weighted by Crippen LogP contribution is 2.17. The van der Waals surface area contributed by atoms with Gasteiger partial charge < -0.3 is 15.0 Å². The fourth-order valence-electron chi connectivity index (χ4n) is 1.97. The average Bonchev–Trinajstić information content (AvgIpc) is 3.15. The number of hydrogen-bond acceptors (Lipinski definition) is 5. The van der Waals surface area contributed by atoms with Crippen LogP contribution in [0.25, 0.3) is 0 Å². The first kappa shape index (κ1) is 18.5. The Morgan fingerprint density at radius 2 is 1.62 bits per heavy atom. The van der Waals surface area contributed by atoms with Gasteiger partial charge in [-0.15, -0.1) is 22.7 Å². The molecule has 2 heterocycles. The van der Waals surface area contributed by atoms with E-state index < -0.39 is 11.6 Å². The molecule has 0 radical (unpaired) electrons. The number of carbonyl (C=O) groups is 2. The quantitative estimate of drug-likeness (QED) is 0.844. The maximum absolute atomic E-state index is 12.5. The Balaban J connectivity index is 1.95. The summed E-state index contributed by atoms with van der Waals surface area (Å²) in [5.74, 6) is -0.208. The maximum atomic E-state index is 12.5. The summed E-state index contributed by atoms with van der Waals surface area (Å²) in [5.41, 5.74) is -0.395. The molecule has 2 amide bonds. The van der Waals surface area contributed by atoms with Crippen molar-refractivity contribution in [1.82, 2.24) is 10.2 Å². The zero-order chi connectivity index (χ0) is 17.6. The Morgan fingerprint density at radius 3 is 2.04 bits per heavy atom. The summed E-state index contributed by atoms with van der Waals surface area (Å²) >= 11 is 3.21. The average molecular weight is 367 g/mol. The van der Waals surface area contributed by atoms with Crippen molar-refractivity contribution in [3.8, 4) is 0 Å². The summed E-state index contributed by atoms with van der Waals surface area (Å²) in [5, 5.41) is 6.64. The Labute approximate surface area is 150 Å². The first-order valence-electron chi connectivity index (χ1n) is 7.61. The van der Waals surface area contributed by atoms with E-state index in [9.17, 15) is 9.59 Å². The number of carbonyl (C=O) groups excluding carboxylic acids is 2. The van der Waals surface area contributed by atoms with Crippen molar-refractivity contribution in [3.05, 3.63) is 44.8 Å². The first-order valence-corrected chi connectivity index (χ1v) is 9.37. The summed E-state index contributed by atoms with van der Waals surface area (Å²) < 4.78 is 5.06. The standard InChI is InChI=1S/C17H22N2O3S2/c1-17(2,3)18-16(21)22-12-15(20)19(10-13-6-4-8-23-13)11-14-7-5-9-24-14/h4-9H,10-12H2,1-3H3,(H,18,21). The van der Waals surface area contributed by atoms with Gasteiger partial charge in [0.2, 0.25) is 0 Å². The molecule has 5 nitrogen and oxygen atoms in total. The van der Waals surface area contributed by atoms with Crippen LogP contribution in [0.3, 0.4) is 0 Å². The minimum absolute atomic E-state index is 0.208. The molecule has 24 heavy (non-hydrogen) atoms. The lowest BCUT2D eigenvalue weighted by Gasteiger charge is -2.23.